The molecule has 0 fully saturated rings. The van der Waals surface area contributed by atoms with Crippen LogP contribution >= 0.6 is 23.1 Å². The van der Waals surface area contributed by atoms with E-state index in [-0.39, 0.29) is 33.2 Å². The SMILES string of the molecule is CC(C)(C)CCC1=CC(=CC2=C([O-])C(=Cc3cc(CCC(C)(C)C)[s+]c(C(C)(C)C)c3)C2=O)C=C(C(C)(C)C)S1. The molecule has 0 saturated carbocycles. The van der Waals surface area contributed by atoms with E-state index >= 15 is 0 Å². The summed E-state index contributed by atoms with van der Waals surface area (Å²) < 4.78 is 0. The van der Waals surface area contributed by atoms with Crippen molar-refractivity contribution in [2.24, 2.45) is 16.2 Å². The van der Waals surface area contributed by atoms with Crippen LogP contribution in [-0.2, 0) is 16.6 Å². The van der Waals surface area contributed by atoms with Gasteiger partial charge in [0.2, 0.25) is 21.1 Å². The predicted octanol–water partition coefficient (Wildman–Crippen LogP) is 10.2. The lowest BCUT2D eigenvalue weighted by Crippen LogP contribution is -2.29. The summed E-state index contributed by atoms with van der Waals surface area (Å²) in [6.07, 6.45) is 12.1. The van der Waals surface area contributed by atoms with Crippen LogP contribution in [0.5, 0.6) is 0 Å². The number of hydrogen-bond acceptors (Lipinski definition) is 3. The first-order valence-corrected chi connectivity index (χ1v) is 16.2. The molecule has 2 nitrogen and oxygen atoms in total. The van der Waals surface area contributed by atoms with E-state index in [2.05, 4.69) is 107 Å². The van der Waals surface area contributed by atoms with Gasteiger partial charge in [0.05, 0.1) is 0 Å². The van der Waals surface area contributed by atoms with Gasteiger partial charge in [-0.05, 0) is 80.8 Å². The fourth-order valence-corrected chi connectivity index (χ4v) is 6.70. The van der Waals surface area contributed by atoms with Crippen LogP contribution in [0.3, 0.4) is 0 Å². The van der Waals surface area contributed by atoms with E-state index in [0.29, 0.717) is 11.1 Å². The molecule has 1 aromatic heterocycles. The number of ketones is 1. The maximum Gasteiger partial charge on any atom is 0.219 e. The Kier molecular flexibility index (Phi) is 9.59. The first kappa shape index (κ1) is 32.6. The summed E-state index contributed by atoms with van der Waals surface area (Å²) in [5, 5.41) is 13.3. The van der Waals surface area contributed by atoms with Gasteiger partial charge in [-0.25, -0.2) is 0 Å². The predicted molar refractivity (Wildman–Crippen MR) is 175 cm³/mol. The molecule has 40 heavy (non-hydrogen) atoms. The first-order chi connectivity index (χ1) is 18.1. The Morgan fingerprint density at radius 1 is 0.800 bits per heavy atom. The van der Waals surface area contributed by atoms with Gasteiger partial charge in [0.25, 0.3) is 0 Å². The van der Waals surface area contributed by atoms with E-state index < -0.39 is 0 Å². The zero-order chi connectivity index (χ0) is 30.3. The molecule has 0 spiro atoms. The minimum atomic E-state index is -0.146. The third-order valence-corrected chi connectivity index (χ3v) is 10.1. The molecule has 1 aromatic rings. The Morgan fingerprint density at radius 3 is 1.93 bits per heavy atom. The highest BCUT2D eigenvalue weighted by atomic mass is 32.2. The van der Waals surface area contributed by atoms with Crippen LogP contribution in [0.25, 0.3) is 6.08 Å². The lowest BCUT2D eigenvalue weighted by molar-refractivity contribution is -0.300. The number of hydrogen-bond donors (Lipinski definition) is 0. The molecule has 0 unspecified atom stereocenters. The summed E-state index contributed by atoms with van der Waals surface area (Å²) in [5.41, 5.74) is 2.99. The molecule has 0 N–H and O–H groups in total. The molecular formula is C36H50O2S2. The molecule has 0 aromatic carbocycles. The van der Waals surface area contributed by atoms with Crippen molar-refractivity contribution in [3.8, 4) is 0 Å². The van der Waals surface area contributed by atoms with Crippen LogP contribution in [0, 0.1) is 16.2 Å². The van der Waals surface area contributed by atoms with Crippen molar-refractivity contribution < 1.29 is 9.90 Å². The maximum atomic E-state index is 13.3. The Hall–Kier alpha value is -1.91. The number of carbonyl (C=O) groups excluding carboxylic acids is 1. The largest absolute Gasteiger partial charge is 0.871 e. The molecule has 0 bridgehead atoms. The average Bonchev–Trinajstić information content (AvgIpc) is 2.81. The number of carbonyl (C=O) groups is 1. The average molecular weight is 579 g/mol. The molecule has 0 radical (unpaired) electrons. The lowest BCUT2D eigenvalue weighted by atomic mass is 9.84. The third kappa shape index (κ3) is 9.05. The monoisotopic (exact) mass is 578 g/mol. The summed E-state index contributed by atoms with van der Waals surface area (Å²) in [4.78, 5) is 18.4. The van der Waals surface area contributed by atoms with E-state index in [1.54, 1.807) is 0 Å². The Bertz CT molecular complexity index is 1300. The molecule has 4 heteroatoms. The van der Waals surface area contributed by atoms with Gasteiger partial charge in [-0.1, -0.05) is 101 Å². The number of aryl methyl sites for hydroxylation is 1. The zero-order valence-corrected chi connectivity index (χ0v) is 28.6. The highest BCUT2D eigenvalue weighted by Gasteiger charge is 2.30. The topological polar surface area (TPSA) is 40.1 Å². The fourth-order valence-electron chi connectivity index (χ4n) is 4.34. The number of thioether (sulfide) groups is 1. The van der Waals surface area contributed by atoms with E-state index in [1.165, 1.54) is 19.6 Å². The summed E-state index contributed by atoms with van der Waals surface area (Å²) in [7, 11) is 0. The smallest absolute Gasteiger partial charge is 0.219 e. The van der Waals surface area contributed by atoms with Gasteiger partial charge in [-0.2, -0.15) is 0 Å². The quantitative estimate of drug-likeness (QED) is 0.249. The Labute approximate surface area is 252 Å². The van der Waals surface area contributed by atoms with Gasteiger partial charge in [0, 0.05) is 35.1 Å². The number of Topliss-reactive ketones (excluding diaryl/α,β-unsaturated/α-hetero) is 1. The van der Waals surface area contributed by atoms with E-state index in [1.807, 2.05) is 35.3 Å². The van der Waals surface area contributed by atoms with E-state index in [0.717, 1.165) is 36.8 Å². The second-order valence-corrected chi connectivity index (χ2v) is 18.2. The zero-order valence-electron chi connectivity index (χ0n) is 26.9. The van der Waals surface area contributed by atoms with Crippen LogP contribution < -0.4 is 5.11 Å². The van der Waals surface area contributed by atoms with Crippen LogP contribution in [0.2, 0.25) is 0 Å². The molecule has 1 aliphatic carbocycles. The van der Waals surface area contributed by atoms with Crippen LogP contribution in [-0.4, -0.2) is 5.78 Å². The minimum absolute atomic E-state index is 0.00186. The van der Waals surface area contributed by atoms with E-state index in [4.69, 9.17) is 0 Å². The number of allylic oxidation sites excluding steroid dienone is 8. The van der Waals surface area contributed by atoms with Gasteiger partial charge >= 0.3 is 0 Å². The normalized spacial score (nSPS) is 19.2. The minimum Gasteiger partial charge on any atom is -0.871 e. The highest BCUT2D eigenvalue weighted by molar-refractivity contribution is 8.06. The molecule has 0 amide bonds. The van der Waals surface area contributed by atoms with Gasteiger partial charge < -0.3 is 5.11 Å². The van der Waals surface area contributed by atoms with Crippen LogP contribution in [0.15, 0.2) is 62.6 Å². The summed E-state index contributed by atoms with van der Waals surface area (Å²) in [6, 6.07) is 4.31. The van der Waals surface area contributed by atoms with Crippen molar-refractivity contribution in [2.45, 2.75) is 114 Å². The summed E-state index contributed by atoms with van der Waals surface area (Å²) >= 11 is 3.68. The van der Waals surface area contributed by atoms with Gasteiger partial charge in [0.1, 0.15) is 0 Å². The molecule has 218 valence electrons. The molecule has 0 atom stereocenters. The van der Waals surface area contributed by atoms with Crippen molar-refractivity contribution >= 4 is 35.0 Å². The van der Waals surface area contributed by atoms with Gasteiger partial charge in [-0.15, -0.1) is 0 Å². The van der Waals surface area contributed by atoms with Crippen molar-refractivity contribution in [1.82, 2.24) is 0 Å². The molecule has 2 aliphatic rings. The fraction of sp³-hybridized carbons (Fsp3) is 0.556. The van der Waals surface area contributed by atoms with Crippen molar-refractivity contribution in [1.29, 1.82) is 0 Å². The van der Waals surface area contributed by atoms with Gasteiger partial charge in [-0.3, -0.25) is 4.79 Å². The molecule has 1 aliphatic heterocycles. The van der Waals surface area contributed by atoms with E-state index in [9.17, 15) is 9.90 Å². The second-order valence-electron chi connectivity index (χ2n) is 15.8. The van der Waals surface area contributed by atoms with Crippen LogP contribution in [0.4, 0.5) is 0 Å². The van der Waals surface area contributed by atoms with Crippen molar-refractivity contribution in [3.05, 3.63) is 78.0 Å². The molecule has 2 heterocycles. The highest BCUT2D eigenvalue weighted by Crippen LogP contribution is 2.46. The van der Waals surface area contributed by atoms with Crippen molar-refractivity contribution in [3.63, 3.8) is 0 Å². The second kappa shape index (κ2) is 11.8. The third-order valence-electron chi connectivity index (χ3n) is 7.05. The summed E-state index contributed by atoms with van der Waals surface area (Å²) in [6.45, 7) is 26.9. The Balaban J connectivity index is 1.97. The van der Waals surface area contributed by atoms with Crippen molar-refractivity contribution in [2.75, 3.05) is 0 Å². The van der Waals surface area contributed by atoms with Gasteiger partial charge in [0.15, 0.2) is 5.78 Å². The maximum absolute atomic E-state index is 13.3. The standard InChI is InChI=1S/C36H50O2S2/c1-33(2,3)15-13-25-17-23(21-29(39-25)35(7,8)9)19-27-31(37)28(32(27)38)20-24-18-26(14-16-34(4,5)6)40-30(22-24)36(10,11)12/h17-22H,13-16H2,1-12H3. The molecule has 3 rings (SSSR count). The summed E-state index contributed by atoms with van der Waals surface area (Å²) in [5.74, 6) is -0.292. The molecule has 0 saturated heterocycles. The number of rotatable bonds is 6. The van der Waals surface area contributed by atoms with Crippen LogP contribution in [0.1, 0.15) is 118 Å². The lowest BCUT2D eigenvalue weighted by Gasteiger charge is -2.30. The molecular weight excluding hydrogens is 529 g/mol. The first-order valence-electron chi connectivity index (χ1n) is 14.6. The Morgan fingerprint density at radius 2 is 1.40 bits per heavy atom.